The first kappa shape index (κ1) is 12.2. The first-order chi connectivity index (χ1) is 7.22. The molecule has 1 aromatic rings. The number of hydrogen-bond donors (Lipinski definition) is 2. The molecular formula is C13H21NO. The van der Waals surface area contributed by atoms with Gasteiger partial charge in [0.25, 0.3) is 0 Å². The maximum atomic E-state index is 8.89. The van der Waals surface area contributed by atoms with E-state index in [0.29, 0.717) is 5.92 Å². The Hall–Kier alpha value is -0.860. The maximum absolute atomic E-state index is 8.89. The minimum absolute atomic E-state index is 0.131. The lowest BCUT2D eigenvalue weighted by atomic mass is 10.1. The lowest BCUT2D eigenvalue weighted by Gasteiger charge is -2.07. The second kappa shape index (κ2) is 6.59. The third-order valence-electron chi connectivity index (χ3n) is 2.35. The summed E-state index contributed by atoms with van der Waals surface area (Å²) in [7, 11) is 0. The van der Waals surface area contributed by atoms with Gasteiger partial charge in [-0.15, -0.1) is 0 Å². The standard InChI is InChI=1S/C13H21NO/c1-11(2)9-14-8-7-12-3-5-13(10-15)6-4-12/h3-6,11,14-15H,7-10H2,1-2H3. The van der Waals surface area contributed by atoms with Gasteiger partial charge >= 0.3 is 0 Å². The molecule has 0 aromatic heterocycles. The molecule has 1 rings (SSSR count). The van der Waals surface area contributed by atoms with E-state index in [1.807, 2.05) is 12.1 Å². The fourth-order valence-corrected chi connectivity index (χ4v) is 1.43. The van der Waals surface area contributed by atoms with Crippen LogP contribution in [0.2, 0.25) is 0 Å². The zero-order valence-corrected chi connectivity index (χ0v) is 9.66. The van der Waals surface area contributed by atoms with Crippen LogP contribution < -0.4 is 5.32 Å². The molecule has 0 unspecified atom stereocenters. The quantitative estimate of drug-likeness (QED) is 0.699. The molecule has 2 heteroatoms. The monoisotopic (exact) mass is 207 g/mol. The molecule has 0 saturated heterocycles. The Morgan fingerprint density at radius 1 is 1.13 bits per heavy atom. The Kier molecular flexibility index (Phi) is 5.37. The Balaban J connectivity index is 2.25. The molecule has 2 N–H and O–H groups in total. The van der Waals surface area contributed by atoms with Crippen molar-refractivity contribution in [3.8, 4) is 0 Å². The van der Waals surface area contributed by atoms with Crippen LogP contribution >= 0.6 is 0 Å². The Labute approximate surface area is 92.3 Å². The van der Waals surface area contributed by atoms with E-state index in [9.17, 15) is 0 Å². The van der Waals surface area contributed by atoms with Crippen LogP contribution in [-0.4, -0.2) is 18.2 Å². The maximum Gasteiger partial charge on any atom is 0.0681 e. The van der Waals surface area contributed by atoms with Crippen LogP contribution in [0.25, 0.3) is 0 Å². The van der Waals surface area contributed by atoms with Gasteiger partial charge in [0.1, 0.15) is 0 Å². The highest BCUT2D eigenvalue weighted by molar-refractivity contribution is 5.22. The normalized spacial score (nSPS) is 10.9. The lowest BCUT2D eigenvalue weighted by Crippen LogP contribution is -2.22. The molecule has 0 radical (unpaired) electrons. The Morgan fingerprint density at radius 3 is 2.27 bits per heavy atom. The van der Waals surface area contributed by atoms with Gasteiger partial charge in [0.15, 0.2) is 0 Å². The number of rotatable bonds is 6. The first-order valence-electron chi connectivity index (χ1n) is 5.61. The van der Waals surface area contributed by atoms with Crippen molar-refractivity contribution >= 4 is 0 Å². The number of aliphatic hydroxyl groups excluding tert-OH is 1. The molecule has 15 heavy (non-hydrogen) atoms. The van der Waals surface area contributed by atoms with E-state index >= 15 is 0 Å². The fraction of sp³-hybridized carbons (Fsp3) is 0.538. The molecule has 2 nitrogen and oxygen atoms in total. The number of aliphatic hydroxyl groups is 1. The first-order valence-corrected chi connectivity index (χ1v) is 5.61. The highest BCUT2D eigenvalue weighted by Gasteiger charge is 1.95. The van der Waals surface area contributed by atoms with Crippen molar-refractivity contribution < 1.29 is 5.11 Å². The summed E-state index contributed by atoms with van der Waals surface area (Å²) in [6.07, 6.45) is 1.05. The summed E-state index contributed by atoms with van der Waals surface area (Å²) in [6, 6.07) is 8.14. The summed E-state index contributed by atoms with van der Waals surface area (Å²) in [5.41, 5.74) is 2.30. The van der Waals surface area contributed by atoms with Gasteiger partial charge in [0.05, 0.1) is 6.61 Å². The predicted octanol–water partition coefficient (Wildman–Crippen LogP) is 1.97. The molecule has 0 bridgehead atoms. The molecule has 0 amide bonds. The summed E-state index contributed by atoms with van der Waals surface area (Å²) in [6.45, 7) is 6.66. The molecule has 1 aromatic carbocycles. The molecule has 0 atom stereocenters. The zero-order chi connectivity index (χ0) is 11.1. The van der Waals surface area contributed by atoms with Gasteiger partial charge in [-0.3, -0.25) is 0 Å². The summed E-state index contributed by atoms with van der Waals surface area (Å²) in [5, 5.41) is 12.3. The molecule has 0 aliphatic carbocycles. The van der Waals surface area contributed by atoms with Gasteiger partial charge in [-0.25, -0.2) is 0 Å². The van der Waals surface area contributed by atoms with E-state index in [0.717, 1.165) is 25.1 Å². The van der Waals surface area contributed by atoms with Gasteiger partial charge in [-0.05, 0) is 36.6 Å². The van der Waals surface area contributed by atoms with Gasteiger partial charge < -0.3 is 10.4 Å². The second-order valence-corrected chi connectivity index (χ2v) is 4.32. The van der Waals surface area contributed by atoms with Crippen LogP contribution in [0.5, 0.6) is 0 Å². The zero-order valence-electron chi connectivity index (χ0n) is 9.66. The molecule has 0 heterocycles. The Bertz CT molecular complexity index is 266. The van der Waals surface area contributed by atoms with Crippen molar-refractivity contribution in [2.45, 2.75) is 26.9 Å². The summed E-state index contributed by atoms with van der Waals surface area (Å²) in [4.78, 5) is 0. The van der Waals surface area contributed by atoms with Crippen LogP contribution in [0, 0.1) is 5.92 Å². The minimum atomic E-state index is 0.131. The summed E-state index contributed by atoms with van der Waals surface area (Å²) >= 11 is 0. The molecular weight excluding hydrogens is 186 g/mol. The average Bonchev–Trinajstić information content (AvgIpc) is 2.25. The second-order valence-electron chi connectivity index (χ2n) is 4.32. The van der Waals surface area contributed by atoms with E-state index in [1.54, 1.807) is 0 Å². The van der Waals surface area contributed by atoms with Crippen LogP contribution in [0.1, 0.15) is 25.0 Å². The summed E-state index contributed by atoms with van der Waals surface area (Å²) in [5.74, 6) is 0.710. The van der Waals surface area contributed by atoms with E-state index in [2.05, 4.69) is 31.3 Å². The van der Waals surface area contributed by atoms with Crippen LogP contribution in [0.3, 0.4) is 0 Å². The number of benzene rings is 1. The molecule has 0 spiro atoms. The van der Waals surface area contributed by atoms with Gasteiger partial charge in [0, 0.05) is 0 Å². The average molecular weight is 207 g/mol. The smallest absolute Gasteiger partial charge is 0.0681 e. The van der Waals surface area contributed by atoms with Crippen LogP contribution in [0.15, 0.2) is 24.3 Å². The van der Waals surface area contributed by atoms with Gasteiger partial charge in [-0.1, -0.05) is 38.1 Å². The molecule has 0 saturated carbocycles. The van der Waals surface area contributed by atoms with Gasteiger partial charge in [-0.2, -0.15) is 0 Å². The number of nitrogens with one attached hydrogen (secondary N) is 1. The van der Waals surface area contributed by atoms with Crippen molar-refractivity contribution in [2.75, 3.05) is 13.1 Å². The predicted molar refractivity (Wildman–Crippen MR) is 63.8 cm³/mol. The van der Waals surface area contributed by atoms with Crippen molar-refractivity contribution in [3.05, 3.63) is 35.4 Å². The van der Waals surface area contributed by atoms with Crippen LogP contribution in [-0.2, 0) is 13.0 Å². The molecule has 84 valence electrons. The van der Waals surface area contributed by atoms with Crippen LogP contribution in [0.4, 0.5) is 0 Å². The van der Waals surface area contributed by atoms with E-state index in [4.69, 9.17) is 5.11 Å². The molecule has 0 fully saturated rings. The minimum Gasteiger partial charge on any atom is -0.392 e. The fourth-order valence-electron chi connectivity index (χ4n) is 1.43. The third kappa shape index (κ3) is 4.96. The highest BCUT2D eigenvalue weighted by atomic mass is 16.3. The summed E-state index contributed by atoms with van der Waals surface area (Å²) < 4.78 is 0. The van der Waals surface area contributed by atoms with E-state index in [-0.39, 0.29) is 6.61 Å². The topological polar surface area (TPSA) is 32.3 Å². The Morgan fingerprint density at radius 2 is 1.73 bits per heavy atom. The number of hydrogen-bond acceptors (Lipinski definition) is 2. The third-order valence-corrected chi connectivity index (χ3v) is 2.35. The molecule has 0 aliphatic heterocycles. The molecule has 0 aliphatic rings. The van der Waals surface area contributed by atoms with Crippen molar-refractivity contribution in [1.82, 2.24) is 5.32 Å². The lowest BCUT2D eigenvalue weighted by molar-refractivity contribution is 0.282. The highest BCUT2D eigenvalue weighted by Crippen LogP contribution is 2.04. The van der Waals surface area contributed by atoms with Crippen molar-refractivity contribution in [3.63, 3.8) is 0 Å². The van der Waals surface area contributed by atoms with E-state index < -0.39 is 0 Å². The van der Waals surface area contributed by atoms with Crippen molar-refractivity contribution in [2.24, 2.45) is 5.92 Å². The van der Waals surface area contributed by atoms with Crippen molar-refractivity contribution in [1.29, 1.82) is 0 Å². The van der Waals surface area contributed by atoms with E-state index in [1.165, 1.54) is 5.56 Å². The largest absolute Gasteiger partial charge is 0.392 e. The SMILES string of the molecule is CC(C)CNCCc1ccc(CO)cc1. The van der Waals surface area contributed by atoms with Gasteiger partial charge in [0.2, 0.25) is 0 Å².